The van der Waals surface area contributed by atoms with E-state index in [1.807, 2.05) is 6.92 Å². The highest BCUT2D eigenvalue weighted by atomic mass is 127. The van der Waals surface area contributed by atoms with E-state index in [1.165, 1.54) is 18.2 Å². The molecule has 38 heavy (non-hydrogen) atoms. The molecule has 0 aliphatic carbocycles. The second-order valence-electron chi connectivity index (χ2n) is 8.30. The number of carbonyl (C=O) groups is 4. The molecule has 0 unspecified atom stereocenters. The van der Waals surface area contributed by atoms with Crippen LogP contribution in [0, 0.1) is 10.5 Å². The molecule has 10 heteroatoms. The number of carbonyl (C=O) groups excluding carboxylic acids is 3. The maximum atomic E-state index is 13.3. The summed E-state index contributed by atoms with van der Waals surface area (Å²) in [5.41, 5.74) is 2.20. The molecule has 0 bridgehead atoms. The molecule has 3 aromatic rings. The van der Waals surface area contributed by atoms with Gasteiger partial charge in [-0.25, -0.2) is 14.5 Å². The number of barbiturate groups is 1. The maximum absolute atomic E-state index is 13.3. The molecule has 2 N–H and O–H groups in total. The SMILES string of the molecule is CCOc1cc(/C=C2\C(=O)NC(=O)N(c3ccccc3C)C2=O)cc(I)c1OCc1cccc(C(=O)O)c1. The first kappa shape index (κ1) is 26.9. The Balaban J connectivity index is 1.66. The van der Waals surface area contributed by atoms with Crippen LogP contribution in [0.5, 0.6) is 11.5 Å². The molecule has 1 saturated heterocycles. The summed E-state index contributed by atoms with van der Waals surface area (Å²) >= 11 is 2.06. The first-order chi connectivity index (χ1) is 18.2. The number of nitrogens with zero attached hydrogens (tertiary/aromatic N) is 1. The second-order valence-corrected chi connectivity index (χ2v) is 9.46. The Bertz CT molecular complexity index is 1480. The summed E-state index contributed by atoms with van der Waals surface area (Å²) in [7, 11) is 0. The molecule has 1 fully saturated rings. The van der Waals surface area contributed by atoms with E-state index >= 15 is 0 Å². The smallest absolute Gasteiger partial charge is 0.335 e. The number of carboxylic acids is 1. The van der Waals surface area contributed by atoms with Gasteiger partial charge in [0.05, 0.1) is 21.4 Å². The summed E-state index contributed by atoms with van der Waals surface area (Å²) in [6.07, 6.45) is 1.40. The topological polar surface area (TPSA) is 122 Å². The van der Waals surface area contributed by atoms with Crippen molar-refractivity contribution in [3.63, 3.8) is 0 Å². The highest BCUT2D eigenvalue weighted by Crippen LogP contribution is 2.36. The van der Waals surface area contributed by atoms with Crippen LogP contribution in [0.1, 0.15) is 34.0 Å². The highest BCUT2D eigenvalue weighted by Gasteiger charge is 2.37. The van der Waals surface area contributed by atoms with Crippen molar-refractivity contribution in [1.82, 2.24) is 5.32 Å². The molecule has 0 aromatic heterocycles. The zero-order valence-corrected chi connectivity index (χ0v) is 22.6. The first-order valence-corrected chi connectivity index (χ1v) is 12.7. The lowest BCUT2D eigenvalue weighted by molar-refractivity contribution is -0.122. The van der Waals surface area contributed by atoms with Gasteiger partial charge in [0.1, 0.15) is 12.2 Å². The number of hydrogen-bond donors (Lipinski definition) is 2. The Labute approximate surface area is 232 Å². The number of amides is 4. The predicted octanol–water partition coefficient (Wildman–Crippen LogP) is 4.94. The Kier molecular flexibility index (Phi) is 8.10. The lowest BCUT2D eigenvalue weighted by Crippen LogP contribution is -2.54. The average Bonchev–Trinajstić information content (AvgIpc) is 2.87. The van der Waals surface area contributed by atoms with Crippen LogP contribution >= 0.6 is 22.6 Å². The molecule has 0 spiro atoms. The van der Waals surface area contributed by atoms with Gasteiger partial charge < -0.3 is 14.6 Å². The van der Waals surface area contributed by atoms with E-state index in [2.05, 4.69) is 27.9 Å². The number of imide groups is 2. The number of anilines is 1. The number of halogens is 1. The minimum Gasteiger partial charge on any atom is -0.490 e. The molecule has 4 rings (SSSR count). The molecular weight excluding hydrogens is 603 g/mol. The van der Waals surface area contributed by atoms with Gasteiger partial charge in [0, 0.05) is 0 Å². The van der Waals surface area contributed by atoms with Crippen molar-refractivity contribution >= 4 is 58.2 Å². The zero-order valence-electron chi connectivity index (χ0n) is 20.5. The van der Waals surface area contributed by atoms with Crippen LogP contribution in [0.2, 0.25) is 0 Å². The molecular formula is C28H23IN2O7. The van der Waals surface area contributed by atoms with Gasteiger partial charge in [-0.05, 0) is 89.5 Å². The third-order valence-corrected chi connectivity index (χ3v) is 6.46. The van der Waals surface area contributed by atoms with Crippen LogP contribution in [-0.2, 0) is 16.2 Å². The second kappa shape index (κ2) is 11.5. The highest BCUT2D eigenvalue weighted by molar-refractivity contribution is 14.1. The van der Waals surface area contributed by atoms with E-state index < -0.39 is 23.8 Å². The fraction of sp³-hybridized carbons (Fsp3) is 0.143. The molecule has 194 valence electrons. The van der Waals surface area contributed by atoms with Crippen molar-refractivity contribution in [3.05, 3.63) is 92.1 Å². The summed E-state index contributed by atoms with van der Waals surface area (Å²) in [4.78, 5) is 50.6. The van der Waals surface area contributed by atoms with Crippen molar-refractivity contribution in [2.45, 2.75) is 20.5 Å². The molecule has 9 nitrogen and oxygen atoms in total. The fourth-order valence-corrected chi connectivity index (χ4v) is 4.66. The Morgan fingerprint density at radius 1 is 1.05 bits per heavy atom. The van der Waals surface area contributed by atoms with E-state index in [1.54, 1.807) is 55.5 Å². The Morgan fingerprint density at radius 3 is 2.53 bits per heavy atom. The van der Waals surface area contributed by atoms with Crippen molar-refractivity contribution in [2.75, 3.05) is 11.5 Å². The molecule has 3 aromatic carbocycles. The van der Waals surface area contributed by atoms with Gasteiger partial charge in [-0.15, -0.1) is 0 Å². The fourth-order valence-electron chi connectivity index (χ4n) is 3.88. The van der Waals surface area contributed by atoms with Crippen LogP contribution in [0.15, 0.2) is 66.2 Å². The maximum Gasteiger partial charge on any atom is 0.335 e. The first-order valence-electron chi connectivity index (χ1n) is 11.6. The largest absolute Gasteiger partial charge is 0.490 e. The number of aromatic carboxylic acids is 1. The van der Waals surface area contributed by atoms with Crippen LogP contribution < -0.4 is 19.7 Å². The van der Waals surface area contributed by atoms with Crippen LogP contribution in [0.25, 0.3) is 6.08 Å². The predicted molar refractivity (Wildman–Crippen MR) is 148 cm³/mol. The quantitative estimate of drug-likeness (QED) is 0.206. The minimum atomic E-state index is -1.03. The van der Waals surface area contributed by atoms with Crippen molar-refractivity contribution in [2.24, 2.45) is 0 Å². The van der Waals surface area contributed by atoms with Crippen LogP contribution in [0.4, 0.5) is 10.5 Å². The van der Waals surface area contributed by atoms with E-state index in [-0.39, 0.29) is 17.7 Å². The Morgan fingerprint density at radius 2 is 1.82 bits per heavy atom. The lowest BCUT2D eigenvalue weighted by atomic mass is 10.1. The van der Waals surface area contributed by atoms with Crippen LogP contribution in [0.3, 0.4) is 0 Å². The number of carboxylic acid groups (broad SMARTS) is 1. The number of nitrogens with one attached hydrogen (secondary N) is 1. The summed E-state index contributed by atoms with van der Waals surface area (Å²) < 4.78 is 12.4. The molecule has 1 aliphatic rings. The van der Waals surface area contributed by atoms with Gasteiger partial charge >= 0.3 is 12.0 Å². The number of benzene rings is 3. The summed E-state index contributed by atoms with van der Waals surface area (Å²) in [5, 5.41) is 11.5. The van der Waals surface area contributed by atoms with E-state index in [4.69, 9.17) is 9.47 Å². The van der Waals surface area contributed by atoms with Gasteiger partial charge in [0.25, 0.3) is 11.8 Å². The number of aryl methyl sites for hydroxylation is 1. The number of ether oxygens (including phenoxy) is 2. The molecule has 4 amide bonds. The van der Waals surface area contributed by atoms with Gasteiger partial charge in [-0.1, -0.05) is 30.3 Å². The average molecular weight is 626 g/mol. The van der Waals surface area contributed by atoms with Crippen molar-refractivity contribution in [1.29, 1.82) is 0 Å². The summed E-state index contributed by atoms with van der Waals surface area (Å²) in [5.74, 6) is -1.74. The van der Waals surface area contributed by atoms with Crippen LogP contribution in [-0.4, -0.2) is 35.5 Å². The van der Waals surface area contributed by atoms with Crippen molar-refractivity contribution in [3.8, 4) is 11.5 Å². The third-order valence-electron chi connectivity index (χ3n) is 5.66. The van der Waals surface area contributed by atoms with E-state index in [0.717, 1.165) is 4.90 Å². The monoisotopic (exact) mass is 626 g/mol. The summed E-state index contributed by atoms with van der Waals surface area (Å²) in [6, 6.07) is 15.9. The molecule has 0 radical (unpaired) electrons. The number of para-hydroxylation sites is 1. The number of hydrogen-bond acceptors (Lipinski definition) is 6. The number of urea groups is 1. The van der Waals surface area contributed by atoms with Gasteiger partial charge in [-0.2, -0.15) is 0 Å². The zero-order chi connectivity index (χ0) is 27.4. The standard InChI is InChI=1S/C28H23IN2O7/c1-3-37-23-14-18(13-21(29)24(23)38-15-17-8-6-9-19(11-17)27(34)35)12-20-25(32)30-28(36)31(26(20)33)22-10-5-4-7-16(22)2/h4-14H,3,15H2,1-2H3,(H,34,35)(H,30,32,36)/b20-12+. The van der Waals surface area contributed by atoms with Gasteiger partial charge in [0.2, 0.25) is 0 Å². The van der Waals surface area contributed by atoms with E-state index in [9.17, 15) is 24.3 Å². The normalized spacial score (nSPS) is 14.4. The van der Waals surface area contributed by atoms with Gasteiger partial charge in [-0.3, -0.25) is 14.9 Å². The third kappa shape index (κ3) is 5.70. The minimum absolute atomic E-state index is 0.103. The van der Waals surface area contributed by atoms with E-state index in [0.29, 0.717) is 44.1 Å². The lowest BCUT2D eigenvalue weighted by Gasteiger charge is -2.27. The summed E-state index contributed by atoms with van der Waals surface area (Å²) in [6.45, 7) is 4.01. The van der Waals surface area contributed by atoms with Gasteiger partial charge in [0.15, 0.2) is 11.5 Å². The number of rotatable bonds is 8. The molecule has 1 heterocycles. The molecule has 1 aliphatic heterocycles. The molecule has 0 atom stereocenters. The Hall–Kier alpha value is -4.19. The van der Waals surface area contributed by atoms with Crippen molar-refractivity contribution < 1.29 is 33.8 Å². The molecule has 0 saturated carbocycles.